The number of rotatable bonds is 8. The third-order valence-electron chi connectivity index (χ3n) is 4.16. The molecule has 1 aromatic heterocycles. The highest BCUT2D eigenvalue weighted by Crippen LogP contribution is 2.22. The molecule has 5 nitrogen and oxygen atoms in total. The van der Waals surface area contributed by atoms with Gasteiger partial charge in [-0.15, -0.1) is 11.3 Å². The van der Waals surface area contributed by atoms with Gasteiger partial charge in [0.15, 0.2) is 0 Å². The van der Waals surface area contributed by atoms with Gasteiger partial charge in [0.05, 0.1) is 10.1 Å². The average Bonchev–Trinajstić information content (AvgIpc) is 3.13. The molecule has 7 heteroatoms. The summed E-state index contributed by atoms with van der Waals surface area (Å²) < 4.78 is 29.1. The number of carbonyl (C=O) groups is 1. The Kier molecular flexibility index (Phi) is 6.83. The number of nitrogens with zero attached hydrogens (tertiary/aromatic N) is 1. The second-order valence-electron chi connectivity index (χ2n) is 6.44. The lowest BCUT2D eigenvalue weighted by molar-refractivity contribution is 0.0676. The van der Waals surface area contributed by atoms with Gasteiger partial charge < -0.3 is 9.08 Å². The molecule has 1 amide bonds. The molecule has 0 radical (unpaired) electrons. The SMILES string of the molecule is CC[C@@H](C)N(Cc1cccc(OS(=O)(=O)C(C)C)c1)C(=O)c1cccs1. The van der Waals surface area contributed by atoms with Gasteiger partial charge in [-0.05, 0) is 56.3 Å². The van der Waals surface area contributed by atoms with Crippen LogP contribution in [0.4, 0.5) is 0 Å². The molecule has 142 valence electrons. The van der Waals surface area contributed by atoms with Crippen LogP contribution in [0.15, 0.2) is 41.8 Å². The zero-order valence-corrected chi connectivity index (χ0v) is 17.1. The van der Waals surface area contributed by atoms with Crippen molar-refractivity contribution in [1.29, 1.82) is 0 Å². The molecule has 0 unspecified atom stereocenters. The Balaban J connectivity index is 2.23. The Labute approximate surface area is 159 Å². The third-order valence-corrected chi connectivity index (χ3v) is 6.59. The molecule has 0 aliphatic rings. The van der Waals surface area contributed by atoms with Crippen molar-refractivity contribution < 1.29 is 17.4 Å². The molecule has 0 aliphatic carbocycles. The van der Waals surface area contributed by atoms with Crippen LogP contribution in [0.1, 0.15) is 49.4 Å². The molecule has 0 aliphatic heterocycles. The number of carbonyl (C=O) groups excluding carboxylic acids is 1. The molecule has 1 aromatic carbocycles. The molecule has 1 atom stereocenters. The topological polar surface area (TPSA) is 63.7 Å². The van der Waals surface area contributed by atoms with Gasteiger partial charge in [-0.3, -0.25) is 4.79 Å². The van der Waals surface area contributed by atoms with E-state index in [4.69, 9.17) is 4.18 Å². The van der Waals surface area contributed by atoms with Crippen molar-refractivity contribution in [1.82, 2.24) is 4.90 Å². The van der Waals surface area contributed by atoms with E-state index in [0.29, 0.717) is 11.4 Å². The molecular formula is C19H25NO4S2. The summed E-state index contributed by atoms with van der Waals surface area (Å²) in [6.45, 7) is 7.58. The van der Waals surface area contributed by atoms with Gasteiger partial charge in [0.25, 0.3) is 5.91 Å². The number of benzene rings is 1. The number of thiophene rings is 1. The smallest absolute Gasteiger partial charge is 0.311 e. The van der Waals surface area contributed by atoms with Crippen LogP contribution in [0.3, 0.4) is 0 Å². The van der Waals surface area contributed by atoms with Crippen LogP contribution in [0.25, 0.3) is 0 Å². The van der Waals surface area contributed by atoms with Crippen LogP contribution >= 0.6 is 11.3 Å². The van der Waals surface area contributed by atoms with Gasteiger partial charge in [0.2, 0.25) is 0 Å². The first kappa shape index (κ1) is 20.5. The van der Waals surface area contributed by atoms with Crippen LogP contribution in [0.2, 0.25) is 0 Å². The first-order chi connectivity index (χ1) is 12.2. The minimum absolute atomic E-state index is 0.0181. The van der Waals surface area contributed by atoms with E-state index >= 15 is 0 Å². The largest absolute Gasteiger partial charge is 0.382 e. The fourth-order valence-corrected chi connectivity index (χ4v) is 3.56. The minimum atomic E-state index is -3.65. The van der Waals surface area contributed by atoms with E-state index < -0.39 is 15.4 Å². The molecular weight excluding hydrogens is 370 g/mol. The van der Waals surface area contributed by atoms with Crippen molar-refractivity contribution in [3.05, 3.63) is 52.2 Å². The first-order valence-electron chi connectivity index (χ1n) is 8.61. The highest BCUT2D eigenvalue weighted by Gasteiger charge is 2.22. The summed E-state index contributed by atoms with van der Waals surface area (Å²) >= 11 is 1.42. The predicted octanol–water partition coefficient (Wildman–Crippen LogP) is 4.31. The Morgan fingerprint density at radius 3 is 2.50 bits per heavy atom. The maximum atomic E-state index is 12.8. The van der Waals surface area contributed by atoms with E-state index in [1.165, 1.54) is 11.3 Å². The highest BCUT2D eigenvalue weighted by atomic mass is 32.2. The quantitative estimate of drug-likeness (QED) is 0.625. The number of hydrogen-bond acceptors (Lipinski definition) is 5. The second-order valence-corrected chi connectivity index (χ2v) is 9.48. The van der Waals surface area contributed by atoms with Crippen LogP contribution < -0.4 is 4.18 Å². The number of amides is 1. The Morgan fingerprint density at radius 2 is 1.92 bits per heavy atom. The summed E-state index contributed by atoms with van der Waals surface area (Å²) in [6.07, 6.45) is 0.828. The summed E-state index contributed by atoms with van der Waals surface area (Å²) in [5, 5.41) is 1.26. The summed E-state index contributed by atoms with van der Waals surface area (Å²) in [5.74, 6) is 0.249. The summed E-state index contributed by atoms with van der Waals surface area (Å²) in [7, 11) is -3.65. The van der Waals surface area contributed by atoms with Gasteiger partial charge in [-0.25, -0.2) is 0 Å². The highest BCUT2D eigenvalue weighted by molar-refractivity contribution is 7.87. The van der Waals surface area contributed by atoms with Crippen molar-refractivity contribution in [2.24, 2.45) is 0 Å². The fourth-order valence-electron chi connectivity index (χ4n) is 2.31. The van der Waals surface area contributed by atoms with E-state index in [1.54, 1.807) is 32.0 Å². The summed E-state index contributed by atoms with van der Waals surface area (Å²) in [5.41, 5.74) is 0.826. The molecule has 0 N–H and O–H groups in total. The fraction of sp³-hybridized carbons (Fsp3) is 0.421. The minimum Gasteiger partial charge on any atom is -0.382 e. The Bertz CT molecular complexity index is 829. The molecule has 0 spiro atoms. The Hall–Kier alpha value is -1.86. The molecule has 0 saturated heterocycles. The van der Waals surface area contributed by atoms with Crippen molar-refractivity contribution in [3.63, 3.8) is 0 Å². The maximum absolute atomic E-state index is 12.8. The lowest BCUT2D eigenvalue weighted by Gasteiger charge is -2.28. The average molecular weight is 396 g/mol. The first-order valence-corrected chi connectivity index (χ1v) is 11.0. The van der Waals surface area contributed by atoms with Crippen LogP contribution in [-0.4, -0.2) is 30.5 Å². The van der Waals surface area contributed by atoms with Crippen molar-refractivity contribution >= 4 is 27.4 Å². The predicted molar refractivity (Wildman–Crippen MR) is 105 cm³/mol. The molecule has 0 saturated carbocycles. The molecule has 2 rings (SSSR count). The maximum Gasteiger partial charge on any atom is 0.311 e. The van der Waals surface area contributed by atoms with Crippen LogP contribution in [0.5, 0.6) is 5.75 Å². The monoisotopic (exact) mass is 395 g/mol. The molecule has 0 fully saturated rings. The summed E-state index contributed by atoms with van der Waals surface area (Å²) in [4.78, 5) is 15.3. The van der Waals surface area contributed by atoms with E-state index in [1.807, 2.05) is 42.3 Å². The van der Waals surface area contributed by atoms with Crippen LogP contribution in [0, 0.1) is 0 Å². The molecule has 0 bridgehead atoms. The van der Waals surface area contributed by atoms with Crippen molar-refractivity contribution in [3.8, 4) is 5.75 Å². The molecule has 1 heterocycles. The molecule has 2 aromatic rings. The molecule has 26 heavy (non-hydrogen) atoms. The van der Waals surface area contributed by atoms with Gasteiger partial charge in [0, 0.05) is 12.6 Å². The Morgan fingerprint density at radius 1 is 1.19 bits per heavy atom. The van der Waals surface area contributed by atoms with Gasteiger partial charge in [0.1, 0.15) is 5.75 Å². The van der Waals surface area contributed by atoms with Gasteiger partial charge in [-0.2, -0.15) is 8.42 Å². The second kappa shape index (κ2) is 8.68. The number of hydrogen-bond donors (Lipinski definition) is 0. The lowest BCUT2D eigenvalue weighted by Crippen LogP contribution is -2.37. The lowest BCUT2D eigenvalue weighted by atomic mass is 10.1. The van der Waals surface area contributed by atoms with E-state index in [2.05, 4.69) is 0 Å². The van der Waals surface area contributed by atoms with Crippen molar-refractivity contribution in [2.45, 2.75) is 52.0 Å². The zero-order chi connectivity index (χ0) is 19.3. The van der Waals surface area contributed by atoms with E-state index in [0.717, 1.165) is 12.0 Å². The third kappa shape index (κ3) is 5.08. The standard InChI is InChI=1S/C19H25NO4S2/c1-5-15(4)20(19(21)18-10-7-11-25-18)13-16-8-6-9-17(12-16)24-26(22,23)14(2)3/h6-12,14-15H,5,13H2,1-4H3/t15-/m1/s1. The van der Waals surface area contributed by atoms with Crippen LogP contribution in [-0.2, 0) is 16.7 Å². The summed E-state index contributed by atoms with van der Waals surface area (Å²) in [6, 6.07) is 10.6. The zero-order valence-electron chi connectivity index (χ0n) is 15.5. The van der Waals surface area contributed by atoms with Gasteiger partial charge in [-0.1, -0.05) is 25.1 Å². The van der Waals surface area contributed by atoms with Crippen molar-refractivity contribution in [2.75, 3.05) is 0 Å². The van der Waals surface area contributed by atoms with Gasteiger partial charge >= 0.3 is 10.1 Å². The van der Waals surface area contributed by atoms with E-state index in [-0.39, 0.29) is 17.7 Å². The normalized spacial score (nSPS) is 12.8. The van der Waals surface area contributed by atoms with E-state index in [9.17, 15) is 13.2 Å².